The summed E-state index contributed by atoms with van der Waals surface area (Å²) in [6.07, 6.45) is 0.733. The van der Waals surface area contributed by atoms with Gasteiger partial charge in [-0.1, -0.05) is 12.1 Å². The second-order valence-corrected chi connectivity index (χ2v) is 4.97. The Hall–Kier alpha value is -1.88. The Kier molecular flexibility index (Phi) is 6.18. The van der Waals surface area contributed by atoms with Crippen molar-refractivity contribution < 1.29 is 14.7 Å². The first-order chi connectivity index (χ1) is 9.45. The van der Waals surface area contributed by atoms with Gasteiger partial charge in [0.05, 0.1) is 6.42 Å². The van der Waals surface area contributed by atoms with Gasteiger partial charge in [0.1, 0.15) is 0 Å². The largest absolute Gasteiger partial charge is 0.481 e. The molecular formula is C15H22N2O3. The Labute approximate surface area is 119 Å². The number of hydrogen-bond acceptors (Lipinski definition) is 3. The van der Waals surface area contributed by atoms with Gasteiger partial charge in [-0.25, -0.2) is 0 Å². The first kappa shape index (κ1) is 16.2. The van der Waals surface area contributed by atoms with Gasteiger partial charge in [0.15, 0.2) is 0 Å². The van der Waals surface area contributed by atoms with E-state index < -0.39 is 5.97 Å². The van der Waals surface area contributed by atoms with Gasteiger partial charge in [0, 0.05) is 18.2 Å². The standard InChI is InChI=1S/C15H22N2O3/c1-11(2)17(10-8-14(18)19)15(20)13-5-3-12(4-6-13)7-9-16/h3-6,11H,7-10,16H2,1-2H3,(H,18,19). The summed E-state index contributed by atoms with van der Waals surface area (Å²) in [5, 5.41) is 8.74. The van der Waals surface area contributed by atoms with E-state index in [-0.39, 0.29) is 24.9 Å². The van der Waals surface area contributed by atoms with Crippen LogP contribution in [-0.2, 0) is 11.2 Å². The van der Waals surface area contributed by atoms with E-state index in [0.717, 1.165) is 12.0 Å². The molecule has 0 atom stereocenters. The van der Waals surface area contributed by atoms with Gasteiger partial charge in [-0.3, -0.25) is 9.59 Å². The molecule has 0 aliphatic rings. The highest BCUT2D eigenvalue weighted by molar-refractivity contribution is 5.94. The molecule has 20 heavy (non-hydrogen) atoms. The minimum Gasteiger partial charge on any atom is -0.481 e. The minimum absolute atomic E-state index is 0.0365. The molecule has 1 aromatic rings. The van der Waals surface area contributed by atoms with Gasteiger partial charge in [0.2, 0.25) is 0 Å². The molecule has 3 N–H and O–H groups in total. The lowest BCUT2D eigenvalue weighted by atomic mass is 10.1. The fraction of sp³-hybridized carbons (Fsp3) is 0.467. The van der Waals surface area contributed by atoms with Crippen molar-refractivity contribution in [2.24, 2.45) is 5.73 Å². The van der Waals surface area contributed by atoms with Crippen molar-refractivity contribution in [3.05, 3.63) is 35.4 Å². The zero-order chi connectivity index (χ0) is 15.1. The molecule has 1 rings (SSSR count). The van der Waals surface area contributed by atoms with E-state index in [2.05, 4.69) is 0 Å². The third-order valence-corrected chi connectivity index (χ3v) is 3.08. The Morgan fingerprint density at radius 1 is 1.25 bits per heavy atom. The summed E-state index contributed by atoms with van der Waals surface area (Å²) in [6.45, 7) is 4.55. The highest BCUT2D eigenvalue weighted by Gasteiger charge is 2.19. The second kappa shape index (κ2) is 7.65. The fourth-order valence-electron chi connectivity index (χ4n) is 1.96. The number of amides is 1. The summed E-state index contributed by atoms with van der Waals surface area (Å²) >= 11 is 0. The fourth-order valence-corrected chi connectivity index (χ4v) is 1.96. The normalized spacial score (nSPS) is 10.6. The van der Waals surface area contributed by atoms with Crippen LogP contribution in [0.15, 0.2) is 24.3 Å². The van der Waals surface area contributed by atoms with E-state index >= 15 is 0 Å². The van der Waals surface area contributed by atoms with Crippen LogP contribution in [0.5, 0.6) is 0 Å². The number of carboxylic acids is 1. The van der Waals surface area contributed by atoms with E-state index in [1.165, 1.54) is 0 Å². The lowest BCUT2D eigenvalue weighted by molar-refractivity contribution is -0.137. The molecule has 5 nitrogen and oxygen atoms in total. The van der Waals surface area contributed by atoms with Gasteiger partial charge < -0.3 is 15.7 Å². The van der Waals surface area contributed by atoms with Crippen molar-refractivity contribution in [2.45, 2.75) is 32.7 Å². The van der Waals surface area contributed by atoms with Crippen LogP contribution >= 0.6 is 0 Å². The van der Waals surface area contributed by atoms with E-state index in [9.17, 15) is 9.59 Å². The number of nitrogens with zero attached hydrogens (tertiary/aromatic N) is 1. The average Bonchev–Trinajstić information content (AvgIpc) is 2.39. The molecule has 1 amide bonds. The summed E-state index contributed by atoms with van der Waals surface area (Å²) in [4.78, 5) is 24.6. The van der Waals surface area contributed by atoms with Crippen LogP contribution < -0.4 is 5.73 Å². The first-order valence-corrected chi connectivity index (χ1v) is 6.77. The van der Waals surface area contributed by atoms with E-state index in [1.54, 1.807) is 17.0 Å². The van der Waals surface area contributed by atoms with Crippen LogP contribution in [0.4, 0.5) is 0 Å². The number of aliphatic carboxylic acids is 1. The zero-order valence-corrected chi connectivity index (χ0v) is 12.0. The smallest absolute Gasteiger partial charge is 0.305 e. The Balaban J connectivity index is 2.80. The van der Waals surface area contributed by atoms with Gasteiger partial charge in [0.25, 0.3) is 5.91 Å². The van der Waals surface area contributed by atoms with Crippen molar-refractivity contribution >= 4 is 11.9 Å². The maximum Gasteiger partial charge on any atom is 0.305 e. The zero-order valence-electron chi connectivity index (χ0n) is 12.0. The van der Waals surface area contributed by atoms with Crippen LogP contribution in [0.1, 0.15) is 36.2 Å². The number of hydrogen-bond donors (Lipinski definition) is 2. The van der Waals surface area contributed by atoms with Crippen LogP contribution in [0.2, 0.25) is 0 Å². The Bertz CT molecular complexity index is 455. The third kappa shape index (κ3) is 4.66. The number of carboxylic acid groups (broad SMARTS) is 1. The molecule has 0 radical (unpaired) electrons. The van der Waals surface area contributed by atoms with Gasteiger partial charge >= 0.3 is 5.97 Å². The number of nitrogens with two attached hydrogens (primary N) is 1. The van der Waals surface area contributed by atoms with Crippen molar-refractivity contribution in [1.82, 2.24) is 4.90 Å². The van der Waals surface area contributed by atoms with E-state index in [4.69, 9.17) is 10.8 Å². The molecule has 0 aromatic heterocycles. The highest BCUT2D eigenvalue weighted by Crippen LogP contribution is 2.11. The third-order valence-electron chi connectivity index (χ3n) is 3.08. The van der Waals surface area contributed by atoms with Crippen molar-refractivity contribution in [1.29, 1.82) is 0 Å². The van der Waals surface area contributed by atoms with E-state index in [1.807, 2.05) is 26.0 Å². The maximum atomic E-state index is 12.4. The topological polar surface area (TPSA) is 83.6 Å². The van der Waals surface area contributed by atoms with Gasteiger partial charge in [-0.15, -0.1) is 0 Å². The predicted molar refractivity (Wildman–Crippen MR) is 77.6 cm³/mol. The molecular weight excluding hydrogens is 256 g/mol. The monoisotopic (exact) mass is 278 g/mol. The minimum atomic E-state index is -0.901. The molecule has 0 saturated carbocycles. The van der Waals surface area contributed by atoms with Crippen LogP contribution in [-0.4, -0.2) is 41.0 Å². The molecule has 5 heteroatoms. The molecule has 0 bridgehead atoms. The molecule has 1 aromatic carbocycles. The molecule has 0 spiro atoms. The SMILES string of the molecule is CC(C)N(CCC(=O)O)C(=O)c1ccc(CCN)cc1. The molecule has 110 valence electrons. The number of carbonyl (C=O) groups excluding carboxylic acids is 1. The maximum absolute atomic E-state index is 12.4. The number of benzene rings is 1. The molecule has 0 aliphatic carbocycles. The summed E-state index contributed by atoms with van der Waals surface area (Å²) in [6, 6.07) is 7.27. The quantitative estimate of drug-likeness (QED) is 0.792. The highest BCUT2D eigenvalue weighted by atomic mass is 16.4. The molecule has 0 fully saturated rings. The molecule has 0 aliphatic heterocycles. The summed E-state index contributed by atoms with van der Waals surface area (Å²) in [5.74, 6) is -1.04. The summed E-state index contributed by atoms with van der Waals surface area (Å²) in [7, 11) is 0. The van der Waals surface area contributed by atoms with Crippen molar-refractivity contribution in [3.8, 4) is 0 Å². The average molecular weight is 278 g/mol. The van der Waals surface area contributed by atoms with Crippen molar-refractivity contribution in [2.75, 3.05) is 13.1 Å². The summed E-state index contributed by atoms with van der Waals surface area (Å²) in [5.41, 5.74) is 7.15. The van der Waals surface area contributed by atoms with Gasteiger partial charge in [-0.2, -0.15) is 0 Å². The lowest BCUT2D eigenvalue weighted by Gasteiger charge is -2.26. The lowest BCUT2D eigenvalue weighted by Crippen LogP contribution is -2.38. The van der Waals surface area contributed by atoms with E-state index in [0.29, 0.717) is 12.1 Å². The Morgan fingerprint density at radius 2 is 1.85 bits per heavy atom. The molecule has 0 saturated heterocycles. The van der Waals surface area contributed by atoms with Crippen LogP contribution in [0.25, 0.3) is 0 Å². The first-order valence-electron chi connectivity index (χ1n) is 6.77. The molecule has 0 unspecified atom stereocenters. The summed E-state index contributed by atoms with van der Waals surface area (Å²) < 4.78 is 0. The number of carbonyl (C=O) groups is 2. The Morgan fingerprint density at radius 3 is 2.30 bits per heavy atom. The van der Waals surface area contributed by atoms with Crippen molar-refractivity contribution in [3.63, 3.8) is 0 Å². The van der Waals surface area contributed by atoms with Gasteiger partial charge in [-0.05, 0) is 44.5 Å². The van der Waals surface area contributed by atoms with Crippen LogP contribution in [0.3, 0.4) is 0 Å². The second-order valence-electron chi connectivity index (χ2n) is 4.97. The predicted octanol–water partition coefficient (Wildman–Crippen LogP) is 1.51. The molecule has 0 heterocycles. The number of rotatable bonds is 7. The van der Waals surface area contributed by atoms with Crippen LogP contribution in [0, 0.1) is 0 Å².